The quantitative estimate of drug-likeness (QED) is 0.701. The second-order valence-corrected chi connectivity index (χ2v) is 4.41. The molecule has 2 heterocycles. The van der Waals surface area contributed by atoms with Crippen LogP contribution in [0.25, 0.3) is 16.8 Å². The van der Waals surface area contributed by atoms with Crippen LogP contribution in [0.5, 0.6) is 5.75 Å². The Bertz CT molecular complexity index is 706. The van der Waals surface area contributed by atoms with Crippen molar-refractivity contribution in [2.45, 2.75) is 0 Å². The lowest BCUT2D eigenvalue weighted by molar-refractivity contribution is 0.415. The first kappa shape index (κ1) is 11.1. The smallest absolute Gasteiger partial charge is 0.119 e. The number of fused-ring (bicyclic) bond motifs is 1. The molecule has 0 saturated heterocycles. The lowest BCUT2D eigenvalue weighted by atomic mass is 10.1. The zero-order chi connectivity index (χ0) is 12.5. The highest BCUT2D eigenvalue weighted by Gasteiger charge is 2.05. The summed E-state index contributed by atoms with van der Waals surface area (Å²) in [6.45, 7) is 0. The van der Waals surface area contributed by atoms with Crippen molar-refractivity contribution in [3.8, 4) is 17.0 Å². The Labute approximate surface area is 110 Å². The summed E-state index contributed by atoms with van der Waals surface area (Å²) in [5, 5.41) is 5.17. The Balaban J connectivity index is 2.13. The van der Waals surface area contributed by atoms with Crippen LogP contribution in [0.3, 0.4) is 0 Å². The van der Waals surface area contributed by atoms with E-state index in [9.17, 15) is 0 Å². The molecule has 0 saturated carbocycles. The molecule has 0 amide bonds. The number of nitrogens with zero attached hydrogens (tertiary/aromatic N) is 2. The molecule has 0 aliphatic carbocycles. The zero-order valence-electron chi connectivity index (χ0n) is 9.80. The average molecular weight is 259 g/mol. The molecule has 1 aromatic carbocycles. The van der Waals surface area contributed by atoms with Crippen molar-refractivity contribution in [2.24, 2.45) is 0 Å². The van der Waals surface area contributed by atoms with Gasteiger partial charge in [0.1, 0.15) is 5.75 Å². The second-order valence-electron chi connectivity index (χ2n) is 3.98. The van der Waals surface area contributed by atoms with Crippen LogP contribution in [-0.2, 0) is 0 Å². The molecular weight excluding hydrogens is 248 g/mol. The van der Waals surface area contributed by atoms with Crippen LogP contribution >= 0.6 is 11.6 Å². The molecule has 3 nitrogen and oxygen atoms in total. The van der Waals surface area contributed by atoms with Crippen molar-refractivity contribution in [1.29, 1.82) is 0 Å². The van der Waals surface area contributed by atoms with Crippen molar-refractivity contribution >= 4 is 17.1 Å². The van der Waals surface area contributed by atoms with Gasteiger partial charge in [-0.05, 0) is 30.3 Å². The number of aromatic nitrogens is 2. The Hall–Kier alpha value is -2.00. The summed E-state index contributed by atoms with van der Waals surface area (Å²) < 4.78 is 6.99. The predicted octanol–water partition coefficient (Wildman–Crippen LogP) is 3.66. The molecular formula is C14H11ClN2O. The van der Waals surface area contributed by atoms with Gasteiger partial charge < -0.3 is 4.74 Å². The van der Waals surface area contributed by atoms with Crippen LogP contribution in [0.2, 0.25) is 5.02 Å². The number of hydrogen-bond donors (Lipinski definition) is 0. The van der Waals surface area contributed by atoms with Crippen LogP contribution in [-0.4, -0.2) is 16.7 Å². The monoisotopic (exact) mass is 258 g/mol. The fraction of sp³-hybridized carbons (Fsp3) is 0.0714. The van der Waals surface area contributed by atoms with Gasteiger partial charge in [-0.15, -0.1) is 0 Å². The molecule has 0 spiro atoms. The van der Waals surface area contributed by atoms with Gasteiger partial charge in [0.05, 0.1) is 23.3 Å². The summed E-state index contributed by atoms with van der Waals surface area (Å²) >= 11 is 5.94. The SMILES string of the molecule is COc1cccc(-c2cc3ccc(Cl)cn3n2)c1. The minimum Gasteiger partial charge on any atom is -0.497 e. The Morgan fingerprint density at radius 1 is 1.17 bits per heavy atom. The maximum absolute atomic E-state index is 5.94. The molecule has 0 radical (unpaired) electrons. The third kappa shape index (κ3) is 1.93. The molecule has 4 heteroatoms. The number of halogens is 1. The number of methoxy groups -OCH3 is 1. The fourth-order valence-electron chi connectivity index (χ4n) is 1.89. The Kier molecular flexibility index (Phi) is 2.68. The van der Waals surface area contributed by atoms with E-state index < -0.39 is 0 Å². The van der Waals surface area contributed by atoms with Crippen molar-refractivity contribution in [2.75, 3.05) is 7.11 Å². The van der Waals surface area contributed by atoms with E-state index in [-0.39, 0.29) is 0 Å². The van der Waals surface area contributed by atoms with E-state index in [0.29, 0.717) is 5.02 Å². The average Bonchev–Trinajstić information content (AvgIpc) is 2.81. The van der Waals surface area contributed by atoms with E-state index in [4.69, 9.17) is 16.3 Å². The molecule has 0 aliphatic heterocycles. The second kappa shape index (κ2) is 4.35. The maximum atomic E-state index is 5.94. The van der Waals surface area contributed by atoms with Gasteiger partial charge in [-0.3, -0.25) is 0 Å². The van der Waals surface area contributed by atoms with Crippen LogP contribution in [0.15, 0.2) is 48.7 Å². The minimum absolute atomic E-state index is 0.669. The molecule has 3 rings (SSSR count). The van der Waals surface area contributed by atoms with Gasteiger partial charge in [0.15, 0.2) is 0 Å². The Morgan fingerprint density at radius 3 is 2.89 bits per heavy atom. The normalized spacial score (nSPS) is 10.8. The van der Waals surface area contributed by atoms with Gasteiger partial charge in [0, 0.05) is 11.8 Å². The van der Waals surface area contributed by atoms with E-state index in [1.165, 1.54) is 0 Å². The molecule has 3 aromatic rings. The van der Waals surface area contributed by atoms with Crippen LogP contribution in [0.1, 0.15) is 0 Å². The van der Waals surface area contributed by atoms with Crippen molar-refractivity contribution in [1.82, 2.24) is 9.61 Å². The van der Waals surface area contributed by atoms with E-state index in [1.807, 2.05) is 42.5 Å². The molecule has 0 aliphatic rings. The number of pyridine rings is 1. The summed E-state index contributed by atoms with van der Waals surface area (Å²) in [7, 11) is 1.66. The van der Waals surface area contributed by atoms with Gasteiger partial charge in [0.2, 0.25) is 0 Å². The van der Waals surface area contributed by atoms with Gasteiger partial charge in [-0.25, -0.2) is 4.52 Å². The molecule has 2 aromatic heterocycles. The van der Waals surface area contributed by atoms with E-state index in [0.717, 1.165) is 22.5 Å². The topological polar surface area (TPSA) is 26.5 Å². The minimum atomic E-state index is 0.669. The zero-order valence-corrected chi connectivity index (χ0v) is 10.6. The largest absolute Gasteiger partial charge is 0.497 e. The third-order valence-corrected chi connectivity index (χ3v) is 3.01. The van der Waals surface area contributed by atoms with Crippen molar-refractivity contribution < 1.29 is 4.74 Å². The number of hydrogen-bond acceptors (Lipinski definition) is 2. The first-order valence-electron chi connectivity index (χ1n) is 5.55. The number of ether oxygens (including phenoxy) is 1. The van der Waals surface area contributed by atoms with Crippen LogP contribution in [0, 0.1) is 0 Å². The van der Waals surface area contributed by atoms with E-state index >= 15 is 0 Å². The van der Waals surface area contributed by atoms with E-state index in [2.05, 4.69) is 5.10 Å². The first-order chi connectivity index (χ1) is 8.76. The first-order valence-corrected chi connectivity index (χ1v) is 5.93. The van der Waals surface area contributed by atoms with Gasteiger partial charge in [-0.2, -0.15) is 5.10 Å². The summed E-state index contributed by atoms with van der Waals surface area (Å²) in [6, 6.07) is 13.6. The van der Waals surface area contributed by atoms with Gasteiger partial charge in [0.25, 0.3) is 0 Å². The van der Waals surface area contributed by atoms with Gasteiger partial charge >= 0.3 is 0 Å². The molecule has 0 fully saturated rings. The van der Waals surface area contributed by atoms with Crippen LogP contribution < -0.4 is 4.74 Å². The summed E-state index contributed by atoms with van der Waals surface area (Å²) in [5.41, 5.74) is 2.93. The highest BCUT2D eigenvalue weighted by Crippen LogP contribution is 2.24. The lowest BCUT2D eigenvalue weighted by Crippen LogP contribution is -1.87. The van der Waals surface area contributed by atoms with E-state index in [1.54, 1.807) is 17.8 Å². The molecule has 90 valence electrons. The maximum Gasteiger partial charge on any atom is 0.119 e. The standard InChI is InChI=1S/C14H11ClN2O/c1-18-13-4-2-3-10(7-13)14-8-12-6-5-11(15)9-17(12)16-14/h2-9H,1H3. The molecule has 0 atom stereocenters. The lowest BCUT2D eigenvalue weighted by Gasteiger charge is -2.01. The molecule has 0 bridgehead atoms. The molecule has 18 heavy (non-hydrogen) atoms. The van der Waals surface area contributed by atoms with Crippen LogP contribution in [0.4, 0.5) is 0 Å². The highest BCUT2D eigenvalue weighted by atomic mass is 35.5. The van der Waals surface area contributed by atoms with Crippen molar-refractivity contribution in [3.63, 3.8) is 0 Å². The van der Waals surface area contributed by atoms with Gasteiger partial charge in [-0.1, -0.05) is 23.7 Å². The highest BCUT2D eigenvalue weighted by molar-refractivity contribution is 6.30. The summed E-state index contributed by atoms with van der Waals surface area (Å²) in [4.78, 5) is 0. The molecule has 0 N–H and O–H groups in total. The predicted molar refractivity (Wildman–Crippen MR) is 72.2 cm³/mol. The number of rotatable bonds is 2. The van der Waals surface area contributed by atoms with Crippen molar-refractivity contribution in [3.05, 3.63) is 53.7 Å². The third-order valence-electron chi connectivity index (χ3n) is 2.79. The molecule has 0 unspecified atom stereocenters. The summed E-state index contributed by atoms with van der Waals surface area (Å²) in [6.07, 6.45) is 1.79. The summed E-state index contributed by atoms with van der Waals surface area (Å²) in [5.74, 6) is 0.822. The number of benzene rings is 1. The fourth-order valence-corrected chi connectivity index (χ4v) is 2.04. The Morgan fingerprint density at radius 2 is 2.06 bits per heavy atom.